The van der Waals surface area contributed by atoms with Crippen molar-refractivity contribution in [2.24, 2.45) is 5.14 Å². The molecule has 1 saturated heterocycles. The number of rotatable bonds is 3. The van der Waals surface area contributed by atoms with Gasteiger partial charge in [-0.25, -0.2) is 18.4 Å². The van der Waals surface area contributed by atoms with Crippen LogP contribution in [0, 0.1) is 0 Å². The van der Waals surface area contributed by atoms with E-state index in [9.17, 15) is 13.2 Å². The lowest BCUT2D eigenvalue weighted by molar-refractivity contribution is 0.0963. The fraction of sp³-hybridized carbons (Fsp3) is 0.300. The summed E-state index contributed by atoms with van der Waals surface area (Å²) < 4.78 is 27.7. The molecule has 1 aromatic carbocycles. The molecular weight excluding hydrogens is 260 g/mol. The summed E-state index contributed by atoms with van der Waals surface area (Å²) in [6.45, 7) is -0.234. The van der Waals surface area contributed by atoms with Crippen molar-refractivity contribution < 1.29 is 23.1 Å². The first-order valence-electron chi connectivity index (χ1n) is 5.14. The highest BCUT2D eigenvalue weighted by molar-refractivity contribution is 7.89. The van der Waals surface area contributed by atoms with E-state index in [1.807, 2.05) is 0 Å². The highest BCUT2D eigenvalue weighted by atomic mass is 32.2. The van der Waals surface area contributed by atoms with E-state index in [0.29, 0.717) is 0 Å². The van der Waals surface area contributed by atoms with Crippen molar-refractivity contribution in [1.29, 1.82) is 0 Å². The first kappa shape index (κ1) is 12.8. The third-order valence-corrected chi connectivity index (χ3v) is 3.50. The van der Waals surface area contributed by atoms with Crippen molar-refractivity contribution >= 4 is 21.8 Å². The Bertz CT molecular complexity index is 571. The molecule has 7 nitrogen and oxygen atoms in total. The Balaban J connectivity index is 2.44. The minimum absolute atomic E-state index is 0.0852. The molecule has 1 unspecified atom stereocenters. The SMILES string of the molecule is NS(=O)(=O)c1ccccc1N1CC(CO)OC1=O. The van der Waals surface area contributed by atoms with Gasteiger partial charge in [0.25, 0.3) is 0 Å². The molecule has 0 bridgehead atoms. The number of carbonyl (C=O) groups excluding carboxylic acids is 1. The maximum Gasteiger partial charge on any atom is 0.414 e. The van der Waals surface area contributed by atoms with E-state index in [1.165, 1.54) is 18.2 Å². The number of carbonyl (C=O) groups is 1. The van der Waals surface area contributed by atoms with Crippen molar-refractivity contribution in [2.45, 2.75) is 11.0 Å². The van der Waals surface area contributed by atoms with Crippen LogP contribution in [0.5, 0.6) is 0 Å². The van der Waals surface area contributed by atoms with E-state index >= 15 is 0 Å². The lowest BCUT2D eigenvalue weighted by atomic mass is 10.3. The summed E-state index contributed by atoms with van der Waals surface area (Å²) >= 11 is 0. The van der Waals surface area contributed by atoms with Gasteiger partial charge in [-0.15, -0.1) is 0 Å². The number of hydrogen-bond acceptors (Lipinski definition) is 5. The molecule has 1 aromatic rings. The van der Waals surface area contributed by atoms with Crippen LogP contribution in [0.2, 0.25) is 0 Å². The van der Waals surface area contributed by atoms with Crippen LogP contribution >= 0.6 is 0 Å². The van der Waals surface area contributed by atoms with Gasteiger partial charge in [0.2, 0.25) is 10.0 Å². The summed E-state index contributed by atoms with van der Waals surface area (Å²) in [5.41, 5.74) is 0.154. The molecule has 18 heavy (non-hydrogen) atoms. The summed E-state index contributed by atoms with van der Waals surface area (Å²) in [7, 11) is -3.93. The number of nitrogens with two attached hydrogens (primary N) is 1. The van der Waals surface area contributed by atoms with Crippen LogP contribution in [0.15, 0.2) is 29.2 Å². The van der Waals surface area contributed by atoms with Crippen LogP contribution in [-0.4, -0.2) is 38.9 Å². The zero-order valence-electron chi connectivity index (χ0n) is 9.31. The van der Waals surface area contributed by atoms with Crippen LogP contribution in [0.25, 0.3) is 0 Å². The Hall–Kier alpha value is -1.64. The van der Waals surface area contributed by atoms with E-state index < -0.39 is 22.2 Å². The molecule has 1 aliphatic rings. The molecule has 0 saturated carbocycles. The fourth-order valence-electron chi connectivity index (χ4n) is 1.73. The summed E-state index contributed by atoms with van der Waals surface area (Å²) in [5.74, 6) is 0. The van der Waals surface area contributed by atoms with Gasteiger partial charge in [-0.1, -0.05) is 12.1 Å². The quantitative estimate of drug-likeness (QED) is 0.781. The molecule has 1 aliphatic heterocycles. The molecule has 8 heteroatoms. The first-order valence-corrected chi connectivity index (χ1v) is 6.69. The molecule has 3 N–H and O–H groups in total. The van der Waals surface area contributed by atoms with Gasteiger partial charge in [-0.3, -0.25) is 4.90 Å². The van der Waals surface area contributed by atoms with E-state index in [0.717, 1.165) is 4.90 Å². The normalized spacial score (nSPS) is 20.0. The van der Waals surface area contributed by atoms with E-state index in [4.69, 9.17) is 15.0 Å². The standard InChI is InChI=1S/C10H12N2O5S/c11-18(15,16)9-4-2-1-3-8(9)12-5-7(6-13)17-10(12)14/h1-4,7,13H,5-6H2,(H2,11,15,16). The molecule has 1 fully saturated rings. The molecule has 98 valence electrons. The Morgan fingerprint density at radius 3 is 2.67 bits per heavy atom. The number of para-hydroxylation sites is 1. The Morgan fingerprint density at radius 2 is 2.11 bits per heavy atom. The lowest BCUT2D eigenvalue weighted by Gasteiger charge is -2.15. The van der Waals surface area contributed by atoms with Gasteiger partial charge in [0, 0.05) is 0 Å². The van der Waals surface area contributed by atoms with Gasteiger partial charge >= 0.3 is 6.09 Å². The average Bonchev–Trinajstić information content (AvgIpc) is 2.69. The summed E-state index contributed by atoms with van der Waals surface area (Å²) in [6, 6.07) is 5.86. The highest BCUT2D eigenvalue weighted by Gasteiger charge is 2.34. The van der Waals surface area contributed by atoms with E-state index in [-0.39, 0.29) is 23.7 Å². The zero-order valence-corrected chi connectivity index (χ0v) is 10.1. The predicted molar refractivity (Wildman–Crippen MR) is 62.5 cm³/mol. The lowest BCUT2D eigenvalue weighted by Crippen LogP contribution is -2.28. The second-order valence-corrected chi connectivity index (χ2v) is 5.34. The molecular formula is C10H12N2O5S. The van der Waals surface area contributed by atoms with Gasteiger partial charge in [-0.2, -0.15) is 0 Å². The van der Waals surface area contributed by atoms with Gasteiger partial charge in [0.05, 0.1) is 18.8 Å². The number of benzene rings is 1. The Morgan fingerprint density at radius 1 is 1.44 bits per heavy atom. The summed E-state index contributed by atoms with van der Waals surface area (Å²) in [4.78, 5) is 12.6. The Kier molecular flexibility index (Phi) is 3.24. The van der Waals surface area contributed by atoms with Crippen molar-refractivity contribution in [1.82, 2.24) is 0 Å². The van der Waals surface area contributed by atoms with Gasteiger partial charge in [0.1, 0.15) is 11.0 Å². The number of sulfonamides is 1. The molecule has 1 atom stereocenters. The number of anilines is 1. The third-order valence-electron chi connectivity index (χ3n) is 2.54. The van der Waals surface area contributed by atoms with Crippen LogP contribution in [0.3, 0.4) is 0 Å². The number of aliphatic hydroxyl groups is 1. The minimum atomic E-state index is -3.93. The molecule has 0 aliphatic carbocycles. The number of ether oxygens (including phenoxy) is 1. The number of primary sulfonamides is 1. The summed E-state index contributed by atoms with van der Waals surface area (Å²) in [5, 5.41) is 14.0. The zero-order chi connectivity index (χ0) is 13.3. The van der Waals surface area contributed by atoms with Crippen molar-refractivity contribution in [3.8, 4) is 0 Å². The monoisotopic (exact) mass is 272 g/mol. The molecule has 0 aromatic heterocycles. The summed E-state index contributed by atoms with van der Waals surface area (Å²) in [6.07, 6.45) is -1.36. The topological polar surface area (TPSA) is 110 Å². The minimum Gasteiger partial charge on any atom is -0.441 e. The highest BCUT2D eigenvalue weighted by Crippen LogP contribution is 2.27. The van der Waals surface area contributed by atoms with Crippen molar-refractivity contribution in [3.05, 3.63) is 24.3 Å². The largest absolute Gasteiger partial charge is 0.441 e. The molecule has 2 rings (SSSR count). The van der Waals surface area contributed by atoms with Crippen LogP contribution in [-0.2, 0) is 14.8 Å². The van der Waals surface area contributed by atoms with Crippen LogP contribution < -0.4 is 10.0 Å². The maximum absolute atomic E-state index is 11.6. The fourth-order valence-corrected chi connectivity index (χ4v) is 2.47. The van der Waals surface area contributed by atoms with Gasteiger partial charge in [0.15, 0.2) is 0 Å². The van der Waals surface area contributed by atoms with Crippen LogP contribution in [0.4, 0.5) is 10.5 Å². The second-order valence-electron chi connectivity index (χ2n) is 3.81. The van der Waals surface area contributed by atoms with Crippen molar-refractivity contribution in [3.63, 3.8) is 0 Å². The number of cyclic esters (lactones) is 1. The predicted octanol–water partition coefficient (Wildman–Crippen LogP) is -0.348. The number of nitrogens with zero attached hydrogens (tertiary/aromatic N) is 1. The van der Waals surface area contributed by atoms with E-state index in [2.05, 4.69) is 0 Å². The third kappa shape index (κ3) is 2.30. The number of hydrogen-bond donors (Lipinski definition) is 2. The van der Waals surface area contributed by atoms with Gasteiger partial charge in [-0.05, 0) is 12.1 Å². The smallest absolute Gasteiger partial charge is 0.414 e. The average molecular weight is 272 g/mol. The molecule has 1 amide bonds. The maximum atomic E-state index is 11.6. The number of amides is 1. The number of aliphatic hydroxyl groups excluding tert-OH is 1. The van der Waals surface area contributed by atoms with Gasteiger partial charge < -0.3 is 9.84 Å². The van der Waals surface area contributed by atoms with Crippen LogP contribution in [0.1, 0.15) is 0 Å². The molecule has 0 radical (unpaired) electrons. The first-order chi connectivity index (χ1) is 8.43. The molecule has 0 spiro atoms. The Labute approximate surface area is 104 Å². The second kappa shape index (κ2) is 4.56. The van der Waals surface area contributed by atoms with Crippen molar-refractivity contribution in [2.75, 3.05) is 18.1 Å². The molecule has 1 heterocycles. The van der Waals surface area contributed by atoms with E-state index in [1.54, 1.807) is 6.07 Å².